The van der Waals surface area contributed by atoms with Gasteiger partial charge in [-0.2, -0.15) is 0 Å². The van der Waals surface area contributed by atoms with Crippen LogP contribution in [-0.2, 0) is 0 Å². The summed E-state index contributed by atoms with van der Waals surface area (Å²) in [5.74, 6) is -1.83. The minimum atomic E-state index is -1.06. The molecular weight excluding hydrogens is 342 g/mol. The first-order chi connectivity index (χ1) is 10.1. The molecule has 0 aromatic heterocycles. The molecule has 0 amide bonds. The zero-order valence-electron chi connectivity index (χ0n) is 10.9. The average molecular weight is 353 g/mol. The number of carbonyl (C=O) groups is 1. The van der Waals surface area contributed by atoms with Gasteiger partial charge >= 0.3 is 0 Å². The molecule has 108 valence electrons. The Morgan fingerprint density at radius 1 is 1.19 bits per heavy atom. The van der Waals surface area contributed by atoms with Gasteiger partial charge < -0.3 is 4.74 Å². The summed E-state index contributed by atoms with van der Waals surface area (Å²) in [4.78, 5) is 12.4. The first-order valence-corrected chi connectivity index (χ1v) is 7.30. The number of halogens is 3. The normalized spacial score (nSPS) is 14.0. The van der Waals surface area contributed by atoms with Gasteiger partial charge in [-0.1, -0.05) is 12.1 Å². The molecule has 0 unspecified atom stereocenters. The van der Waals surface area contributed by atoms with Crippen LogP contribution in [0.2, 0.25) is 0 Å². The minimum Gasteiger partial charge on any atom is -0.490 e. The predicted octanol–water partition coefficient (Wildman–Crippen LogP) is 4.50. The summed E-state index contributed by atoms with van der Waals surface area (Å²) >= 11 is 2.93. The Hall–Kier alpha value is -1.75. The highest BCUT2D eigenvalue weighted by Crippen LogP contribution is 2.29. The first-order valence-electron chi connectivity index (χ1n) is 6.51. The lowest BCUT2D eigenvalue weighted by atomic mass is 10.0. The zero-order chi connectivity index (χ0) is 15.0. The summed E-state index contributed by atoms with van der Waals surface area (Å²) in [6, 6.07) is 8.93. The Labute approximate surface area is 128 Å². The van der Waals surface area contributed by atoms with E-state index in [1.807, 2.05) is 0 Å². The molecule has 3 rings (SSSR count). The fraction of sp³-hybridized carbons (Fsp3) is 0.188. The number of carbonyl (C=O) groups excluding carboxylic acids is 1. The van der Waals surface area contributed by atoms with Crippen molar-refractivity contribution in [3.05, 3.63) is 63.6 Å². The molecule has 1 saturated carbocycles. The van der Waals surface area contributed by atoms with Crippen LogP contribution in [0.5, 0.6) is 5.75 Å². The minimum absolute atomic E-state index is 0.0810. The van der Waals surface area contributed by atoms with Crippen LogP contribution in [0.4, 0.5) is 8.78 Å². The molecule has 0 atom stereocenters. The number of hydrogen-bond donors (Lipinski definition) is 0. The van der Waals surface area contributed by atoms with E-state index in [0.29, 0.717) is 11.3 Å². The van der Waals surface area contributed by atoms with E-state index in [-0.39, 0.29) is 21.9 Å². The van der Waals surface area contributed by atoms with Crippen molar-refractivity contribution < 1.29 is 18.3 Å². The van der Waals surface area contributed by atoms with Crippen molar-refractivity contribution in [1.82, 2.24) is 0 Å². The SMILES string of the molecule is O=C(c1cccc(OC2CC2)c1)c1ccc(F)c(F)c1Br. The second kappa shape index (κ2) is 5.56. The Bertz CT molecular complexity index is 711. The second-order valence-corrected chi connectivity index (χ2v) is 5.69. The van der Waals surface area contributed by atoms with Crippen LogP contribution in [0.15, 0.2) is 40.9 Å². The largest absolute Gasteiger partial charge is 0.490 e. The van der Waals surface area contributed by atoms with Gasteiger partial charge in [-0.3, -0.25) is 4.79 Å². The topological polar surface area (TPSA) is 26.3 Å². The van der Waals surface area contributed by atoms with Crippen LogP contribution in [0.1, 0.15) is 28.8 Å². The number of rotatable bonds is 4. The Kier molecular flexibility index (Phi) is 3.76. The van der Waals surface area contributed by atoms with E-state index in [9.17, 15) is 13.6 Å². The number of hydrogen-bond acceptors (Lipinski definition) is 2. The monoisotopic (exact) mass is 352 g/mol. The highest BCUT2D eigenvalue weighted by molar-refractivity contribution is 9.10. The highest BCUT2D eigenvalue weighted by Gasteiger charge is 2.24. The molecule has 0 radical (unpaired) electrons. The van der Waals surface area contributed by atoms with Crippen LogP contribution >= 0.6 is 15.9 Å². The van der Waals surface area contributed by atoms with Gasteiger partial charge in [0.25, 0.3) is 0 Å². The summed E-state index contributed by atoms with van der Waals surface area (Å²) in [5.41, 5.74) is 0.456. The fourth-order valence-electron chi connectivity index (χ4n) is 1.95. The van der Waals surface area contributed by atoms with Crippen molar-refractivity contribution >= 4 is 21.7 Å². The molecule has 0 spiro atoms. The van der Waals surface area contributed by atoms with E-state index in [4.69, 9.17) is 4.74 Å². The molecule has 0 saturated heterocycles. The van der Waals surface area contributed by atoms with E-state index in [1.165, 1.54) is 6.07 Å². The maximum Gasteiger partial charge on any atom is 0.194 e. The predicted molar refractivity (Wildman–Crippen MR) is 77.6 cm³/mol. The molecule has 1 aliphatic rings. The molecule has 21 heavy (non-hydrogen) atoms. The van der Waals surface area contributed by atoms with Crippen molar-refractivity contribution in [3.8, 4) is 5.75 Å². The third kappa shape index (κ3) is 2.97. The van der Waals surface area contributed by atoms with Crippen molar-refractivity contribution in [2.24, 2.45) is 0 Å². The lowest BCUT2D eigenvalue weighted by Crippen LogP contribution is -2.05. The van der Waals surface area contributed by atoms with Crippen LogP contribution in [0, 0.1) is 11.6 Å². The summed E-state index contributed by atoms with van der Waals surface area (Å²) < 4.78 is 32.1. The molecule has 2 aromatic rings. The molecule has 0 bridgehead atoms. The maximum atomic E-state index is 13.5. The Morgan fingerprint density at radius 3 is 2.67 bits per heavy atom. The van der Waals surface area contributed by atoms with E-state index >= 15 is 0 Å². The van der Waals surface area contributed by atoms with Gasteiger partial charge in [-0.05, 0) is 53.0 Å². The van der Waals surface area contributed by atoms with Crippen LogP contribution < -0.4 is 4.74 Å². The van der Waals surface area contributed by atoms with Gasteiger partial charge in [0.15, 0.2) is 17.4 Å². The fourth-order valence-corrected chi connectivity index (χ4v) is 2.45. The molecule has 2 aromatic carbocycles. The lowest BCUT2D eigenvalue weighted by molar-refractivity contribution is 0.103. The summed E-state index contributed by atoms with van der Waals surface area (Å²) in [7, 11) is 0. The van der Waals surface area contributed by atoms with Gasteiger partial charge in [-0.15, -0.1) is 0 Å². The Balaban J connectivity index is 1.92. The summed E-state index contributed by atoms with van der Waals surface area (Å²) in [6.07, 6.45) is 2.27. The van der Waals surface area contributed by atoms with Crippen molar-refractivity contribution in [2.45, 2.75) is 18.9 Å². The summed E-state index contributed by atoms with van der Waals surface area (Å²) in [5, 5.41) is 0. The summed E-state index contributed by atoms with van der Waals surface area (Å²) in [6.45, 7) is 0. The van der Waals surface area contributed by atoms with Gasteiger partial charge in [0.05, 0.1) is 10.6 Å². The molecule has 0 N–H and O–H groups in total. The van der Waals surface area contributed by atoms with Crippen molar-refractivity contribution in [3.63, 3.8) is 0 Å². The number of benzene rings is 2. The standard InChI is InChI=1S/C16H11BrF2O2/c17-14-12(6-7-13(18)15(14)19)16(20)9-2-1-3-11(8-9)21-10-4-5-10/h1-3,6-8,10H,4-5H2. The molecule has 0 aliphatic heterocycles. The van der Waals surface area contributed by atoms with E-state index in [0.717, 1.165) is 18.9 Å². The van der Waals surface area contributed by atoms with E-state index in [1.54, 1.807) is 24.3 Å². The quantitative estimate of drug-likeness (QED) is 0.598. The maximum absolute atomic E-state index is 13.5. The highest BCUT2D eigenvalue weighted by atomic mass is 79.9. The molecule has 5 heteroatoms. The second-order valence-electron chi connectivity index (χ2n) is 4.90. The van der Waals surface area contributed by atoms with Crippen LogP contribution in [-0.4, -0.2) is 11.9 Å². The third-order valence-electron chi connectivity index (χ3n) is 3.20. The van der Waals surface area contributed by atoms with Gasteiger partial charge in [0, 0.05) is 11.1 Å². The number of ether oxygens (including phenoxy) is 1. The number of ketones is 1. The zero-order valence-corrected chi connectivity index (χ0v) is 12.5. The molecular formula is C16H11BrF2O2. The molecule has 2 nitrogen and oxygen atoms in total. The Morgan fingerprint density at radius 2 is 1.95 bits per heavy atom. The van der Waals surface area contributed by atoms with Gasteiger partial charge in [0.2, 0.25) is 0 Å². The van der Waals surface area contributed by atoms with Crippen molar-refractivity contribution in [2.75, 3.05) is 0 Å². The molecule has 1 fully saturated rings. The molecule has 1 aliphatic carbocycles. The average Bonchev–Trinajstić information content (AvgIpc) is 3.29. The molecule has 0 heterocycles. The van der Waals surface area contributed by atoms with E-state index in [2.05, 4.69) is 15.9 Å². The van der Waals surface area contributed by atoms with Gasteiger partial charge in [0.1, 0.15) is 5.75 Å². The van der Waals surface area contributed by atoms with E-state index < -0.39 is 11.6 Å². The smallest absolute Gasteiger partial charge is 0.194 e. The van der Waals surface area contributed by atoms with Crippen LogP contribution in [0.25, 0.3) is 0 Å². The lowest BCUT2D eigenvalue weighted by Gasteiger charge is -2.08. The first kappa shape index (κ1) is 14.2. The van der Waals surface area contributed by atoms with Crippen molar-refractivity contribution in [1.29, 1.82) is 0 Å². The third-order valence-corrected chi connectivity index (χ3v) is 3.98. The van der Waals surface area contributed by atoms with Gasteiger partial charge in [-0.25, -0.2) is 8.78 Å². The van der Waals surface area contributed by atoms with Crippen LogP contribution in [0.3, 0.4) is 0 Å².